The van der Waals surface area contributed by atoms with Crippen molar-refractivity contribution in [1.29, 1.82) is 0 Å². The molecule has 6 heteroatoms. The molecule has 0 bridgehead atoms. The van der Waals surface area contributed by atoms with Crippen molar-refractivity contribution in [3.05, 3.63) is 65.4 Å². The topological polar surface area (TPSA) is 86.0 Å². The second kappa shape index (κ2) is 7.28. The highest BCUT2D eigenvalue weighted by molar-refractivity contribution is 5.96. The van der Waals surface area contributed by atoms with Crippen molar-refractivity contribution in [1.82, 2.24) is 15.6 Å². The Balaban J connectivity index is 1.60. The molecule has 2 aliphatic heterocycles. The summed E-state index contributed by atoms with van der Waals surface area (Å²) < 4.78 is 0. The van der Waals surface area contributed by atoms with Crippen molar-refractivity contribution in [2.45, 2.75) is 31.2 Å². The van der Waals surface area contributed by atoms with Crippen LogP contribution < -0.4 is 16.0 Å². The number of benzene rings is 2. The lowest BCUT2D eigenvalue weighted by atomic mass is 9.88. The molecule has 2 atom stereocenters. The number of hydrogen-bond acceptors (Lipinski definition) is 3. The first-order valence-electron chi connectivity index (χ1n) is 10.2. The summed E-state index contributed by atoms with van der Waals surface area (Å²) in [7, 11) is 0. The zero-order valence-corrected chi connectivity index (χ0v) is 16.1. The summed E-state index contributed by atoms with van der Waals surface area (Å²) in [5.74, 6) is -0.212. The van der Waals surface area contributed by atoms with Crippen molar-refractivity contribution >= 4 is 28.4 Å². The zero-order valence-electron chi connectivity index (χ0n) is 16.1. The summed E-state index contributed by atoms with van der Waals surface area (Å²) in [6.07, 6.45) is 1.40. The number of fused-ring (bicyclic) bond motifs is 7. The Morgan fingerprint density at radius 3 is 2.52 bits per heavy atom. The number of amides is 2. The van der Waals surface area contributed by atoms with Gasteiger partial charge in [-0.05, 0) is 36.1 Å². The first kappa shape index (κ1) is 17.8. The van der Waals surface area contributed by atoms with Gasteiger partial charge in [0.1, 0.15) is 6.42 Å². The smallest absolute Gasteiger partial charge is 0.229 e. The van der Waals surface area contributed by atoms with E-state index in [0.717, 1.165) is 17.6 Å². The predicted octanol–water partition coefficient (Wildman–Crippen LogP) is 2.99. The third kappa shape index (κ3) is 3.24. The average Bonchev–Trinajstić information content (AvgIpc) is 3.26. The Bertz CT molecular complexity index is 1090. The SMILES string of the molecule is O=C1CC(=O)NCCC2c3ccccc3NC2c2[nH]c3ccccc3c2CCN1. The largest absolute Gasteiger partial charge is 0.376 e. The van der Waals surface area contributed by atoms with Crippen LogP contribution in [0.2, 0.25) is 0 Å². The van der Waals surface area contributed by atoms with Crippen LogP contribution in [0.5, 0.6) is 0 Å². The van der Waals surface area contributed by atoms with Crippen LogP contribution in [0.4, 0.5) is 5.69 Å². The van der Waals surface area contributed by atoms with E-state index in [4.69, 9.17) is 0 Å². The van der Waals surface area contributed by atoms with E-state index >= 15 is 0 Å². The molecule has 2 aliphatic rings. The Morgan fingerprint density at radius 1 is 0.862 bits per heavy atom. The van der Waals surface area contributed by atoms with E-state index in [2.05, 4.69) is 51.3 Å². The molecule has 6 nitrogen and oxygen atoms in total. The maximum Gasteiger partial charge on any atom is 0.229 e. The van der Waals surface area contributed by atoms with Gasteiger partial charge < -0.3 is 20.9 Å². The van der Waals surface area contributed by atoms with Crippen LogP contribution in [-0.4, -0.2) is 29.9 Å². The average molecular weight is 388 g/mol. The maximum atomic E-state index is 12.1. The fraction of sp³-hybridized carbons (Fsp3) is 0.304. The first-order chi connectivity index (χ1) is 14.2. The minimum Gasteiger partial charge on any atom is -0.376 e. The lowest BCUT2D eigenvalue weighted by Gasteiger charge is -2.21. The second-order valence-corrected chi connectivity index (χ2v) is 7.79. The molecule has 1 aromatic heterocycles. The Kier molecular flexibility index (Phi) is 4.46. The molecule has 0 spiro atoms. The number of aromatic nitrogens is 1. The highest BCUT2D eigenvalue weighted by Gasteiger charge is 2.35. The molecule has 0 aliphatic carbocycles. The molecular weight excluding hydrogens is 364 g/mol. The van der Waals surface area contributed by atoms with Gasteiger partial charge in [0, 0.05) is 41.3 Å². The van der Waals surface area contributed by atoms with Gasteiger partial charge in [0.2, 0.25) is 11.8 Å². The zero-order chi connectivity index (χ0) is 19.8. The fourth-order valence-electron chi connectivity index (χ4n) is 4.72. The van der Waals surface area contributed by atoms with Gasteiger partial charge in [0.25, 0.3) is 0 Å². The van der Waals surface area contributed by atoms with Crippen LogP contribution >= 0.6 is 0 Å². The van der Waals surface area contributed by atoms with Gasteiger partial charge in [-0.1, -0.05) is 36.4 Å². The highest BCUT2D eigenvalue weighted by atomic mass is 16.2. The maximum absolute atomic E-state index is 12.1. The molecule has 2 unspecified atom stereocenters. The van der Waals surface area contributed by atoms with Gasteiger partial charge >= 0.3 is 0 Å². The van der Waals surface area contributed by atoms with Crippen molar-refractivity contribution in [2.24, 2.45) is 0 Å². The van der Waals surface area contributed by atoms with Gasteiger partial charge in [-0.25, -0.2) is 0 Å². The van der Waals surface area contributed by atoms with E-state index in [1.807, 2.05) is 18.2 Å². The molecule has 0 radical (unpaired) electrons. The molecule has 0 fully saturated rings. The summed E-state index contributed by atoms with van der Waals surface area (Å²) in [6.45, 7) is 1.05. The summed E-state index contributed by atoms with van der Waals surface area (Å²) >= 11 is 0. The molecule has 29 heavy (non-hydrogen) atoms. The van der Waals surface area contributed by atoms with Crippen LogP contribution in [0.3, 0.4) is 0 Å². The highest BCUT2D eigenvalue weighted by Crippen LogP contribution is 2.47. The first-order valence-corrected chi connectivity index (χ1v) is 10.2. The van der Waals surface area contributed by atoms with E-state index in [1.54, 1.807) is 0 Å². The monoisotopic (exact) mass is 388 g/mol. The van der Waals surface area contributed by atoms with Crippen molar-refractivity contribution in [3.63, 3.8) is 0 Å². The van der Waals surface area contributed by atoms with Crippen LogP contribution in [0.25, 0.3) is 10.9 Å². The number of carbonyl (C=O) groups is 2. The van der Waals surface area contributed by atoms with Crippen LogP contribution in [0.15, 0.2) is 48.5 Å². The second-order valence-electron chi connectivity index (χ2n) is 7.79. The molecule has 5 rings (SSSR count). The van der Waals surface area contributed by atoms with E-state index in [1.165, 1.54) is 22.2 Å². The number of rotatable bonds is 0. The molecule has 3 heterocycles. The molecular formula is C23H24N4O2. The number of aromatic amines is 1. The Hall–Kier alpha value is -3.28. The van der Waals surface area contributed by atoms with Crippen LogP contribution in [0.1, 0.15) is 41.6 Å². The quantitative estimate of drug-likeness (QED) is 0.447. The number of hydrogen-bond donors (Lipinski definition) is 4. The Morgan fingerprint density at radius 2 is 1.62 bits per heavy atom. The van der Waals surface area contributed by atoms with Crippen LogP contribution in [0, 0.1) is 0 Å². The fourth-order valence-corrected chi connectivity index (χ4v) is 4.72. The molecule has 2 amide bonds. The molecule has 2 aromatic carbocycles. The number of para-hydroxylation sites is 2. The summed E-state index contributed by atoms with van der Waals surface area (Å²) in [4.78, 5) is 27.8. The number of H-pyrrole nitrogens is 1. The predicted molar refractivity (Wildman–Crippen MR) is 113 cm³/mol. The minimum absolute atomic E-state index is 0.100. The summed E-state index contributed by atoms with van der Waals surface area (Å²) in [6, 6.07) is 16.8. The van der Waals surface area contributed by atoms with Crippen molar-refractivity contribution in [3.8, 4) is 0 Å². The molecule has 4 N–H and O–H groups in total. The molecule has 148 valence electrons. The number of anilines is 1. The Labute approximate surface area is 169 Å². The van der Waals surface area contributed by atoms with Crippen molar-refractivity contribution < 1.29 is 9.59 Å². The number of carbonyl (C=O) groups excluding carboxylic acids is 2. The van der Waals surface area contributed by atoms with E-state index < -0.39 is 0 Å². The van der Waals surface area contributed by atoms with Gasteiger partial charge in [-0.3, -0.25) is 9.59 Å². The van der Waals surface area contributed by atoms with E-state index in [0.29, 0.717) is 19.5 Å². The van der Waals surface area contributed by atoms with Gasteiger partial charge in [-0.15, -0.1) is 0 Å². The van der Waals surface area contributed by atoms with Crippen LogP contribution in [-0.2, 0) is 16.0 Å². The molecule has 3 aromatic rings. The van der Waals surface area contributed by atoms with Crippen molar-refractivity contribution in [2.75, 3.05) is 18.4 Å². The van der Waals surface area contributed by atoms with Gasteiger partial charge in [-0.2, -0.15) is 0 Å². The summed E-state index contributed by atoms with van der Waals surface area (Å²) in [5, 5.41) is 10.7. The van der Waals surface area contributed by atoms with Gasteiger partial charge in [0.05, 0.1) is 6.04 Å². The normalized spacial score (nSPS) is 22.1. The minimum atomic E-state index is -0.230. The van der Waals surface area contributed by atoms with Gasteiger partial charge in [0.15, 0.2) is 0 Å². The molecule has 0 saturated carbocycles. The van der Waals surface area contributed by atoms with E-state index in [9.17, 15) is 9.59 Å². The molecule has 0 saturated heterocycles. The lowest BCUT2D eigenvalue weighted by molar-refractivity contribution is -0.129. The summed E-state index contributed by atoms with van der Waals surface area (Å²) in [5.41, 5.74) is 5.95. The number of nitrogens with one attached hydrogen (secondary N) is 4. The third-order valence-electron chi connectivity index (χ3n) is 6.03. The van der Waals surface area contributed by atoms with E-state index in [-0.39, 0.29) is 30.2 Å². The standard InChI is InChI=1S/C23H24N4O2/c28-20-13-21(29)25-12-10-17-15-6-2-4-8-19(15)27-23(17)22-16(9-11-24-20)14-5-1-3-7-18(14)26-22/h1-8,16,22,26-27H,9-13H2,(H,24,28)(H,25,29). The lowest BCUT2D eigenvalue weighted by Crippen LogP contribution is -2.33. The third-order valence-corrected chi connectivity index (χ3v) is 6.03.